The SMILES string of the molecule is CC1(C)CCC(N2CC[C@H](NC(=O)CC(N)=O)C2(C)C)CC1. The second kappa shape index (κ2) is 6.19. The summed E-state index contributed by atoms with van der Waals surface area (Å²) in [6.07, 6.45) is 5.73. The second-order valence-corrected chi connectivity index (χ2v) is 8.29. The minimum absolute atomic E-state index is 0.0700. The molecular formula is C17H31N3O2. The second-order valence-electron chi connectivity index (χ2n) is 8.29. The highest BCUT2D eigenvalue weighted by atomic mass is 16.2. The zero-order valence-corrected chi connectivity index (χ0v) is 14.4. The maximum absolute atomic E-state index is 11.8. The fraction of sp³-hybridized carbons (Fsp3) is 0.882. The number of carbonyl (C=O) groups is 2. The van der Waals surface area contributed by atoms with Crippen molar-refractivity contribution in [2.45, 2.75) is 83.8 Å². The molecule has 2 rings (SSSR count). The van der Waals surface area contributed by atoms with Crippen LogP contribution in [-0.4, -0.2) is 40.9 Å². The number of likely N-dealkylation sites (tertiary alicyclic amines) is 1. The first-order chi connectivity index (χ1) is 10.1. The van der Waals surface area contributed by atoms with E-state index in [-0.39, 0.29) is 23.9 Å². The lowest BCUT2D eigenvalue weighted by Crippen LogP contribution is -2.56. The van der Waals surface area contributed by atoms with E-state index in [9.17, 15) is 9.59 Å². The summed E-state index contributed by atoms with van der Waals surface area (Å²) < 4.78 is 0. The number of rotatable bonds is 4. The molecule has 1 heterocycles. The third kappa shape index (κ3) is 3.80. The molecule has 2 aliphatic rings. The number of primary amides is 1. The molecule has 0 spiro atoms. The van der Waals surface area contributed by atoms with Crippen molar-refractivity contribution in [3.8, 4) is 0 Å². The van der Waals surface area contributed by atoms with Crippen LogP contribution in [0.5, 0.6) is 0 Å². The van der Waals surface area contributed by atoms with Crippen LogP contribution in [0, 0.1) is 5.41 Å². The maximum Gasteiger partial charge on any atom is 0.229 e. The molecule has 0 aromatic carbocycles. The fourth-order valence-corrected chi connectivity index (χ4v) is 4.11. The molecule has 2 amide bonds. The van der Waals surface area contributed by atoms with E-state index in [1.54, 1.807) is 0 Å². The Labute approximate surface area is 134 Å². The number of hydrogen-bond donors (Lipinski definition) is 2. The summed E-state index contributed by atoms with van der Waals surface area (Å²) in [5.41, 5.74) is 5.49. The molecule has 22 heavy (non-hydrogen) atoms. The van der Waals surface area contributed by atoms with Crippen molar-refractivity contribution < 1.29 is 9.59 Å². The highest BCUT2D eigenvalue weighted by Crippen LogP contribution is 2.41. The zero-order valence-electron chi connectivity index (χ0n) is 14.4. The van der Waals surface area contributed by atoms with Crippen molar-refractivity contribution in [2.24, 2.45) is 11.1 Å². The lowest BCUT2D eigenvalue weighted by Gasteiger charge is -2.45. The zero-order chi connectivity index (χ0) is 16.5. The predicted molar refractivity (Wildman–Crippen MR) is 87.2 cm³/mol. The van der Waals surface area contributed by atoms with Crippen molar-refractivity contribution in [1.29, 1.82) is 0 Å². The summed E-state index contributed by atoms with van der Waals surface area (Å²) >= 11 is 0. The van der Waals surface area contributed by atoms with Crippen LogP contribution in [0.4, 0.5) is 0 Å². The smallest absolute Gasteiger partial charge is 0.229 e. The van der Waals surface area contributed by atoms with Crippen LogP contribution in [0.2, 0.25) is 0 Å². The molecule has 1 saturated heterocycles. The first-order valence-corrected chi connectivity index (χ1v) is 8.46. The molecular weight excluding hydrogens is 278 g/mol. The average molecular weight is 309 g/mol. The molecule has 1 atom stereocenters. The minimum Gasteiger partial charge on any atom is -0.369 e. The number of amides is 2. The summed E-state index contributed by atoms with van der Waals surface area (Å²) in [4.78, 5) is 25.3. The number of nitrogens with two attached hydrogens (primary N) is 1. The molecule has 0 bridgehead atoms. The third-order valence-corrected chi connectivity index (χ3v) is 5.67. The lowest BCUT2D eigenvalue weighted by molar-refractivity contribution is -0.128. The van der Waals surface area contributed by atoms with Crippen LogP contribution in [0.3, 0.4) is 0 Å². The summed E-state index contributed by atoms with van der Waals surface area (Å²) in [6.45, 7) is 10.1. The summed E-state index contributed by atoms with van der Waals surface area (Å²) in [6, 6.07) is 0.704. The van der Waals surface area contributed by atoms with Gasteiger partial charge in [0.25, 0.3) is 0 Å². The molecule has 1 saturated carbocycles. The molecule has 0 unspecified atom stereocenters. The van der Waals surface area contributed by atoms with Crippen LogP contribution in [0.15, 0.2) is 0 Å². The van der Waals surface area contributed by atoms with Crippen molar-refractivity contribution in [2.75, 3.05) is 6.54 Å². The highest BCUT2D eigenvalue weighted by molar-refractivity contribution is 5.96. The monoisotopic (exact) mass is 309 g/mol. The van der Waals surface area contributed by atoms with Crippen LogP contribution < -0.4 is 11.1 Å². The highest BCUT2D eigenvalue weighted by Gasteiger charge is 2.46. The van der Waals surface area contributed by atoms with Gasteiger partial charge in [0, 0.05) is 24.2 Å². The lowest BCUT2D eigenvalue weighted by atomic mass is 9.74. The first-order valence-electron chi connectivity index (χ1n) is 8.46. The van der Waals surface area contributed by atoms with Crippen molar-refractivity contribution >= 4 is 11.8 Å². The van der Waals surface area contributed by atoms with Gasteiger partial charge in [-0.05, 0) is 51.4 Å². The Kier molecular flexibility index (Phi) is 4.85. The predicted octanol–water partition coefficient (Wildman–Crippen LogP) is 1.80. The minimum atomic E-state index is -0.570. The van der Waals surface area contributed by atoms with Crippen molar-refractivity contribution in [3.63, 3.8) is 0 Å². The normalized spacial score (nSPS) is 28.5. The van der Waals surface area contributed by atoms with E-state index >= 15 is 0 Å². The first kappa shape index (κ1) is 17.3. The van der Waals surface area contributed by atoms with Crippen molar-refractivity contribution in [1.82, 2.24) is 10.2 Å². The summed E-state index contributed by atoms with van der Waals surface area (Å²) in [5.74, 6) is -0.822. The molecule has 5 heteroatoms. The van der Waals surface area contributed by atoms with E-state index in [0.29, 0.717) is 11.5 Å². The average Bonchev–Trinajstić information content (AvgIpc) is 2.64. The van der Waals surface area contributed by atoms with Gasteiger partial charge in [-0.2, -0.15) is 0 Å². The maximum atomic E-state index is 11.8. The fourth-order valence-electron chi connectivity index (χ4n) is 4.11. The van der Waals surface area contributed by atoms with Gasteiger partial charge in [0.2, 0.25) is 11.8 Å². The third-order valence-electron chi connectivity index (χ3n) is 5.67. The standard InChI is InChI=1S/C17H31N3O2/c1-16(2)8-5-12(6-9-16)20-10-7-13(17(20,3)4)19-15(22)11-14(18)21/h12-13H,5-11H2,1-4H3,(H2,18,21)(H,19,22)/t13-/m0/s1. The quantitative estimate of drug-likeness (QED) is 0.778. The number of nitrogens with one attached hydrogen (secondary N) is 1. The van der Waals surface area contributed by atoms with Gasteiger partial charge in [0.05, 0.1) is 0 Å². The number of carbonyl (C=O) groups excluding carboxylic acids is 2. The molecule has 1 aliphatic heterocycles. The molecule has 0 aromatic heterocycles. The Morgan fingerprint density at radius 3 is 2.27 bits per heavy atom. The van der Waals surface area contributed by atoms with E-state index in [2.05, 4.69) is 37.9 Å². The van der Waals surface area contributed by atoms with E-state index in [1.165, 1.54) is 25.7 Å². The van der Waals surface area contributed by atoms with Gasteiger partial charge in [-0.25, -0.2) is 0 Å². The topological polar surface area (TPSA) is 75.4 Å². The van der Waals surface area contributed by atoms with Gasteiger partial charge >= 0.3 is 0 Å². The van der Waals surface area contributed by atoms with Gasteiger partial charge in [0.1, 0.15) is 6.42 Å². The number of nitrogens with zero attached hydrogens (tertiary/aromatic N) is 1. The molecule has 5 nitrogen and oxygen atoms in total. The Balaban J connectivity index is 1.96. The Hall–Kier alpha value is -1.10. The molecule has 1 aliphatic carbocycles. The van der Waals surface area contributed by atoms with Gasteiger partial charge < -0.3 is 11.1 Å². The van der Waals surface area contributed by atoms with Crippen LogP contribution in [-0.2, 0) is 9.59 Å². The van der Waals surface area contributed by atoms with Crippen LogP contribution >= 0.6 is 0 Å². The molecule has 0 radical (unpaired) electrons. The molecule has 2 fully saturated rings. The van der Waals surface area contributed by atoms with E-state index in [1.807, 2.05) is 0 Å². The van der Waals surface area contributed by atoms with Gasteiger partial charge in [-0.15, -0.1) is 0 Å². The van der Waals surface area contributed by atoms with Crippen LogP contribution in [0.1, 0.15) is 66.2 Å². The van der Waals surface area contributed by atoms with Gasteiger partial charge in [0.15, 0.2) is 0 Å². The Morgan fingerprint density at radius 1 is 1.14 bits per heavy atom. The van der Waals surface area contributed by atoms with Crippen molar-refractivity contribution in [3.05, 3.63) is 0 Å². The molecule has 126 valence electrons. The Bertz CT molecular complexity index is 435. The summed E-state index contributed by atoms with van der Waals surface area (Å²) in [5, 5.41) is 3.00. The Morgan fingerprint density at radius 2 is 1.73 bits per heavy atom. The van der Waals surface area contributed by atoms with Gasteiger partial charge in [-0.1, -0.05) is 13.8 Å². The van der Waals surface area contributed by atoms with E-state index in [0.717, 1.165) is 13.0 Å². The number of hydrogen-bond acceptors (Lipinski definition) is 3. The van der Waals surface area contributed by atoms with Gasteiger partial charge in [-0.3, -0.25) is 14.5 Å². The van der Waals surface area contributed by atoms with Crippen LogP contribution in [0.25, 0.3) is 0 Å². The van der Waals surface area contributed by atoms with E-state index < -0.39 is 5.91 Å². The van der Waals surface area contributed by atoms with E-state index in [4.69, 9.17) is 5.73 Å². The largest absolute Gasteiger partial charge is 0.369 e. The molecule has 0 aromatic rings. The summed E-state index contributed by atoms with van der Waals surface area (Å²) in [7, 11) is 0. The molecule has 3 N–H and O–H groups in total.